The molecule has 0 unspecified atom stereocenters. The normalized spacial score (nSPS) is 14.1. The molecular formula is C23H34N3O6P. The van der Waals surface area contributed by atoms with E-state index in [0.717, 1.165) is 5.56 Å². The van der Waals surface area contributed by atoms with Gasteiger partial charge in [-0.25, -0.2) is 0 Å². The molecule has 1 aromatic carbocycles. The molecule has 2 amide bonds. The Morgan fingerprint density at radius 1 is 1.09 bits per heavy atom. The first-order valence-corrected chi connectivity index (χ1v) is 12.5. The Kier molecular flexibility index (Phi) is 11.9. The highest BCUT2D eigenvalue weighted by Crippen LogP contribution is 2.56. The summed E-state index contributed by atoms with van der Waals surface area (Å²) in [6.45, 7) is 8.29. The van der Waals surface area contributed by atoms with E-state index in [1.54, 1.807) is 44.2 Å². The highest BCUT2D eigenvalue weighted by molar-refractivity contribution is 7.58. The summed E-state index contributed by atoms with van der Waals surface area (Å²) in [5, 5.41) is 25.5. The molecule has 0 saturated carbocycles. The second-order valence-corrected chi connectivity index (χ2v) is 9.77. The van der Waals surface area contributed by atoms with Crippen LogP contribution in [0.2, 0.25) is 0 Å². The molecule has 0 aliphatic rings. The minimum atomic E-state index is -4.11. The average molecular weight is 480 g/mol. The number of rotatable bonds is 13. The Labute approximate surface area is 195 Å². The van der Waals surface area contributed by atoms with Crippen LogP contribution in [-0.2, 0) is 29.6 Å². The van der Waals surface area contributed by atoms with Gasteiger partial charge in [-0.2, -0.15) is 5.26 Å². The van der Waals surface area contributed by atoms with Gasteiger partial charge in [0.1, 0.15) is 17.9 Å². The lowest BCUT2D eigenvalue weighted by molar-refractivity contribution is -0.128. The standard InChI is InChI=1S/C23H34N3O6P/c1-6-31-33(30,32-7-2)21(15-24)22(28)19(14-18-11-9-8-10-12-18)26-23(29)20(13-16(3)4)25-17(5)27/h8-12,16,19-20,28H,6-7,13-14H2,1-5H3,(H,25,27)(H,26,29)/b22-21-/t19-,20-/m0/s1. The van der Waals surface area contributed by atoms with Crippen LogP contribution in [0.1, 0.15) is 46.6 Å². The molecule has 0 aliphatic heterocycles. The Hall–Kier alpha value is -2.66. The van der Waals surface area contributed by atoms with E-state index in [9.17, 15) is 24.5 Å². The smallest absolute Gasteiger partial charge is 0.375 e. The van der Waals surface area contributed by atoms with E-state index < -0.39 is 36.7 Å². The van der Waals surface area contributed by atoms with E-state index in [-0.39, 0.29) is 31.5 Å². The summed E-state index contributed by atoms with van der Waals surface area (Å²) < 4.78 is 23.6. The topological polar surface area (TPSA) is 138 Å². The number of hydrogen-bond donors (Lipinski definition) is 3. The summed E-state index contributed by atoms with van der Waals surface area (Å²) in [5.74, 6) is -1.41. The number of aliphatic hydroxyl groups is 1. The van der Waals surface area contributed by atoms with Crippen molar-refractivity contribution in [1.82, 2.24) is 10.6 Å². The summed E-state index contributed by atoms with van der Waals surface area (Å²) in [4.78, 5) is 24.7. The fourth-order valence-electron chi connectivity index (χ4n) is 3.22. The molecule has 1 rings (SSSR count). The quantitative estimate of drug-likeness (QED) is 0.222. The molecule has 0 heterocycles. The van der Waals surface area contributed by atoms with Crippen molar-refractivity contribution in [3.05, 3.63) is 47.0 Å². The molecule has 0 bridgehead atoms. The second-order valence-electron chi connectivity index (χ2n) is 7.81. The van der Waals surface area contributed by atoms with Crippen molar-refractivity contribution in [3.63, 3.8) is 0 Å². The number of aliphatic hydroxyl groups excluding tert-OH is 1. The minimum Gasteiger partial charge on any atom is -0.508 e. The zero-order valence-corrected chi connectivity index (χ0v) is 20.7. The lowest BCUT2D eigenvalue weighted by Gasteiger charge is -2.25. The van der Waals surface area contributed by atoms with Gasteiger partial charge >= 0.3 is 7.60 Å². The van der Waals surface area contributed by atoms with Crippen LogP contribution in [0.15, 0.2) is 41.4 Å². The van der Waals surface area contributed by atoms with Crippen LogP contribution >= 0.6 is 7.60 Å². The molecule has 33 heavy (non-hydrogen) atoms. The Bertz CT molecular complexity index is 901. The zero-order chi connectivity index (χ0) is 25.0. The number of benzene rings is 1. The fourth-order valence-corrected chi connectivity index (χ4v) is 4.79. The third-order valence-electron chi connectivity index (χ3n) is 4.55. The first kappa shape index (κ1) is 28.4. The summed E-state index contributed by atoms with van der Waals surface area (Å²) in [6, 6.07) is 8.79. The molecule has 0 spiro atoms. The molecule has 0 aliphatic carbocycles. The second kappa shape index (κ2) is 13.8. The maximum atomic E-state index is 13.2. The Morgan fingerprint density at radius 3 is 2.12 bits per heavy atom. The highest BCUT2D eigenvalue weighted by Gasteiger charge is 2.37. The van der Waals surface area contributed by atoms with E-state index >= 15 is 0 Å². The summed E-state index contributed by atoms with van der Waals surface area (Å²) in [6.07, 6.45) is 0.478. The highest BCUT2D eigenvalue weighted by atomic mass is 31.2. The van der Waals surface area contributed by atoms with Gasteiger partial charge in [0, 0.05) is 6.92 Å². The molecule has 3 N–H and O–H groups in total. The van der Waals surface area contributed by atoms with Gasteiger partial charge in [-0.15, -0.1) is 0 Å². The molecule has 9 nitrogen and oxygen atoms in total. The molecule has 10 heteroatoms. The molecular weight excluding hydrogens is 445 g/mol. The first-order chi connectivity index (χ1) is 15.6. The number of carbonyl (C=O) groups excluding carboxylic acids is 2. The summed E-state index contributed by atoms with van der Waals surface area (Å²) >= 11 is 0. The van der Waals surface area contributed by atoms with Crippen LogP contribution in [0, 0.1) is 17.2 Å². The van der Waals surface area contributed by atoms with Crippen LogP contribution in [-0.4, -0.2) is 42.2 Å². The van der Waals surface area contributed by atoms with Crippen molar-refractivity contribution < 1.29 is 28.3 Å². The molecule has 2 atom stereocenters. The minimum absolute atomic E-state index is 0.00948. The van der Waals surface area contributed by atoms with Gasteiger partial charge in [-0.05, 0) is 38.2 Å². The van der Waals surface area contributed by atoms with E-state index in [1.165, 1.54) is 6.92 Å². The molecule has 0 saturated heterocycles. The molecule has 0 aromatic heterocycles. The van der Waals surface area contributed by atoms with Crippen molar-refractivity contribution >= 4 is 19.4 Å². The SMILES string of the molecule is CCOP(=O)(OCC)/C(C#N)=C(\O)[C@H](Cc1ccccc1)NC(=O)[C@H](CC(C)C)NC(C)=O. The van der Waals surface area contributed by atoms with Gasteiger partial charge in [-0.3, -0.25) is 14.2 Å². The molecule has 0 radical (unpaired) electrons. The molecule has 0 fully saturated rings. The fraction of sp³-hybridized carbons (Fsp3) is 0.522. The number of amides is 2. The average Bonchev–Trinajstić information content (AvgIpc) is 2.73. The van der Waals surface area contributed by atoms with Crippen molar-refractivity contribution in [2.75, 3.05) is 13.2 Å². The predicted octanol–water partition coefficient (Wildman–Crippen LogP) is 3.82. The number of nitrogens with one attached hydrogen (secondary N) is 2. The predicted molar refractivity (Wildman–Crippen MR) is 125 cm³/mol. The zero-order valence-electron chi connectivity index (χ0n) is 19.8. The first-order valence-electron chi connectivity index (χ1n) is 10.9. The number of carbonyl (C=O) groups is 2. The monoisotopic (exact) mass is 479 g/mol. The third kappa shape index (κ3) is 9.01. The maximum Gasteiger partial charge on any atom is 0.375 e. The van der Waals surface area contributed by atoms with E-state index in [4.69, 9.17) is 9.05 Å². The summed E-state index contributed by atoms with van der Waals surface area (Å²) in [5.41, 5.74) is 0.759. The number of hydrogen-bond acceptors (Lipinski definition) is 7. The van der Waals surface area contributed by atoms with E-state index in [0.29, 0.717) is 6.42 Å². The largest absolute Gasteiger partial charge is 0.508 e. The van der Waals surface area contributed by atoms with Crippen molar-refractivity contribution in [3.8, 4) is 6.07 Å². The number of nitrogens with zero attached hydrogens (tertiary/aromatic N) is 1. The summed E-state index contributed by atoms with van der Waals surface area (Å²) in [7, 11) is -4.11. The van der Waals surface area contributed by atoms with Crippen molar-refractivity contribution in [1.29, 1.82) is 5.26 Å². The number of allylic oxidation sites excluding steroid dienone is 1. The van der Waals surface area contributed by atoms with Crippen LogP contribution in [0.3, 0.4) is 0 Å². The maximum absolute atomic E-state index is 13.2. The van der Waals surface area contributed by atoms with Gasteiger partial charge in [0.2, 0.25) is 11.8 Å². The van der Waals surface area contributed by atoms with Crippen LogP contribution in [0.4, 0.5) is 0 Å². The van der Waals surface area contributed by atoms with Crippen LogP contribution < -0.4 is 10.6 Å². The molecule has 1 aromatic rings. The number of nitriles is 1. The van der Waals surface area contributed by atoms with Crippen molar-refractivity contribution in [2.45, 2.75) is 59.5 Å². The third-order valence-corrected chi connectivity index (χ3v) is 6.62. The lowest BCUT2D eigenvalue weighted by atomic mass is 10.0. The van der Waals surface area contributed by atoms with Gasteiger partial charge in [0.05, 0.1) is 19.3 Å². The van der Waals surface area contributed by atoms with Crippen molar-refractivity contribution in [2.24, 2.45) is 5.92 Å². The van der Waals surface area contributed by atoms with Gasteiger partial charge in [0.15, 0.2) is 5.31 Å². The Morgan fingerprint density at radius 2 is 1.67 bits per heavy atom. The van der Waals surface area contributed by atoms with Gasteiger partial charge < -0.3 is 24.8 Å². The van der Waals surface area contributed by atoms with Gasteiger partial charge in [-0.1, -0.05) is 44.2 Å². The van der Waals surface area contributed by atoms with E-state index in [2.05, 4.69) is 10.6 Å². The Balaban J connectivity index is 3.44. The lowest BCUT2D eigenvalue weighted by Crippen LogP contribution is -2.50. The van der Waals surface area contributed by atoms with Crippen LogP contribution in [0.25, 0.3) is 0 Å². The van der Waals surface area contributed by atoms with E-state index in [1.807, 2.05) is 19.9 Å². The molecule has 182 valence electrons. The van der Waals surface area contributed by atoms with Gasteiger partial charge in [0.25, 0.3) is 0 Å². The van der Waals surface area contributed by atoms with Crippen LogP contribution in [0.5, 0.6) is 0 Å².